The zero-order chi connectivity index (χ0) is 24.2. The number of nitrogens with one attached hydrogen (secondary N) is 2. The molecule has 1 amide bonds. The van der Waals surface area contributed by atoms with E-state index in [9.17, 15) is 22.4 Å². The lowest BCUT2D eigenvalue weighted by molar-refractivity contribution is 0.0926. The van der Waals surface area contributed by atoms with E-state index < -0.39 is 19.4 Å². The number of pyridine rings is 2. The molecule has 182 valence electrons. The van der Waals surface area contributed by atoms with Crippen molar-refractivity contribution in [1.29, 1.82) is 0 Å². The Morgan fingerprint density at radius 1 is 1.12 bits per heavy atom. The summed E-state index contributed by atoms with van der Waals surface area (Å²) in [5.74, 6) is 0.819. The molecule has 34 heavy (non-hydrogen) atoms. The number of amides is 1. The highest BCUT2D eigenvalue weighted by molar-refractivity contribution is 5.94. The fraction of sp³-hybridized carbons (Fsp3) is 0.435. The van der Waals surface area contributed by atoms with Crippen LogP contribution >= 0.6 is 0 Å². The van der Waals surface area contributed by atoms with E-state index in [2.05, 4.69) is 20.6 Å². The Labute approximate surface area is 194 Å². The summed E-state index contributed by atoms with van der Waals surface area (Å²) in [6.07, 6.45) is 0.750. The molecule has 0 saturated heterocycles. The fourth-order valence-electron chi connectivity index (χ4n) is 4.16. The van der Waals surface area contributed by atoms with E-state index in [-0.39, 0.29) is 23.7 Å². The van der Waals surface area contributed by atoms with Crippen LogP contribution in [0.3, 0.4) is 0 Å². The number of carbonyl (C=O) groups excluding carboxylic acids is 1. The molecule has 7 nitrogen and oxygen atoms in total. The van der Waals surface area contributed by atoms with Crippen LogP contribution < -0.4 is 15.5 Å². The van der Waals surface area contributed by atoms with Gasteiger partial charge in [-0.1, -0.05) is 6.07 Å². The van der Waals surface area contributed by atoms with Gasteiger partial charge in [-0.25, -0.2) is 27.5 Å². The third-order valence-electron chi connectivity index (χ3n) is 5.96. The summed E-state index contributed by atoms with van der Waals surface area (Å²) in [6, 6.07) is 8.55. The molecule has 3 aromatic heterocycles. The topological polar surface area (TPSA) is 74.6 Å². The smallest absolute Gasteiger partial charge is 0.281 e. The highest BCUT2D eigenvalue weighted by atomic mass is 19.3. The van der Waals surface area contributed by atoms with Crippen molar-refractivity contribution >= 4 is 23.2 Å². The zero-order valence-electron chi connectivity index (χ0n) is 18.6. The predicted octanol–water partition coefficient (Wildman–Crippen LogP) is 4.52. The second-order valence-electron chi connectivity index (χ2n) is 8.45. The molecule has 3 heterocycles. The molecule has 0 atom stereocenters. The number of aromatic nitrogens is 3. The number of anilines is 2. The Morgan fingerprint density at radius 2 is 1.85 bits per heavy atom. The van der Waals surface area contributed by atoms with Gasteiger partial charge < -0.3 is 15.5 Å². The number of imidazole rings is 1. The second kappa shape index (κ2) is 10.3. The maximum Gasteiger partial charge on any atom is 0.281 e. The van der Waals surface area contributed by atoms with Crippen LogP contribution in [0.2, 0.25) is 0 Å². The Balaban J connectivity index is 1.30. The third kappa shape index (κ3) is 5.57. The van der Waals surface area contributed by atoms with Gasteiger partial charge in [0.2, 0.25) is 0 Å². The van der Waals surface area contributed by atoms with E-state index in [4.69, 9.17) is 0 Å². The van der Waals surface area contributed by atoms with Crippen LogP contribution in [-0.4, -0.2) is 52.4 Å². The number of halogens is 4. The molecule has 2 N–H and O–H groups in total. The largest absolute Gasteiger partial charge is 0.368 e. The molecule has 4 rings (SSSR count). The van der Waals surface area contributed by atoms with E-state index in [1.165, 1.54) is 24.3 Å². The maximum atomic E-state index is 13.0. The number of alkyl halides is 4. The van der Waals surface area contributed by atoms with Crippen LogP contribution in [-0.2, 0) is 0 Å². The van der Waals surface area contributed by atoms with Crippen LogP contribution in [0.5, 0.6) is 0 Å². The molecular weight excluding hydrogens is 452 g/mol. The lowest BCUT2D eigenvalue weighted by atomic mass is 9.91. The molecule has 0 spiro atoms. The van der Waals surface area contributed by atoms with Gasteiger partial charge in [0.25, 0.3) is 18.8 Å². The minimum Gasteiger partial charge on any atom is -0.368 e. The molecule has 1 saturated carbocycles. The predicted molar refractivity (Wildman–Crippen MR) is 121 cm³/mol. The zero-order valence-corrected chi connectivity index (χ0v) is 18.6. The van der Waals surface area contributed by atoms with E-state index in [1.54, 1.807) is 28.7 Å². The Kier molecular flexibility index (Phi) is 7.18. The minimum absolute atomic E-state index is 0.00112. The highest BCUT2D eigenvalue weighted by Crippen LogP contribution is 2.25. The first-order valence-electron chi connectivity index (χ1n) is 11.1. The standard InChI is InChI=1S/C23H26F4N6O/c1-32(13-18(24)25)19-10-5-14(11-28-19)23(34)30-16-8-6-15(7-9-16)29-20-3-2-4-21-31-17(22(26)27)12-33(20)21/h2-5,10-12,15-16,18,22,29H,6-9,13H2,1H3,(H,30,34)/t15-,16+. The highest BCUT2D eigenvalue weighted by Gasteiger charge is 2.24. The van der Waals surface area contributed by atoms with Crippen LogP contribution in [0.4, 0.5) is 29.2 Å². The number of carbonyl (C=O) groups is 1. The Morgan fingerprint density at radius 3 is 2.50 bits per heavy atom. The second-order valence-corrected chi connectivity index (χ2v) is 8.45. The number of hydrogen-bond acceptors (Lipinski definition) is 5. The van der Waals surface area contributed by atoms with Crippen molar-refractivity contribution in [2.24, 2.45) is 0 Å². The van der Waals surface area contributed by atoms with E-state index >= 15 is 0 Å². The monoisotopic (exact) mass is 478 g/mol. The quantitative estimate of drug-likeness (QED) is 0.466. The van der Waals surface area contributed by atoms with Gasteiger partial charge in [-0.2, -0.15) is 0 Å². The van der Waals surface area contributed by atoms with Gasteiger partial charge in [0, 0.05) is 31.5 Å². The maximum absolute atomic E-state index is 13.0. The summed E-state index contributed by atoms with van der Waals surface area (Å²) >= 11 is 0. The molecule has 0 unspecified atom stereocenters. The average Bonchev–Trinajstić information content (AvgIpc) is 3.26. The van der Waals surface area contributed by atoms with Crippen LogP contribution in [0.15, 0.2) is 42.7 Å². The lowest BCUT2D eigenvalue weighted by Gasteiger charge is -2.30. The first kappa shape index (κ1) is 23.8. The summed E-state index contributed by atoms with van der Waals surface area (Å²) in [5, 5.41) is 6.42. The van der Waals surface area contributed by atoms with E-state index in [1.807, 2.05) is 6.07 Å². The van der Waals surface area contributed by atoms with Crippen LogP contribution in [0.25, 0.3) is 5.65 Å². The summed E-state index contributed by atoms with van der Waals surface area (Å²) < 4.78 is 52.7. The first-order valence-corrected chi connectivity index (χ1v) is 11.1. The summed E-state index contributed by atoms with van der Waals surface area (Å²) in [7, 11) is 1.52. The fourth-order valence-corrected chi connectivity index (χ4v) is 4.16. The Hall–Kier alpha value is -3.37. The normalized spacial score (nSPS) is 18.4. The van der Waals surface area contributed by atoms with Gasteiger partial charge in [-0.3, -0.25) is 9.20 Å². The number of fused-ring (bicyclic) bond motifs is 1. The van der Waals surface area contributed by atoms with Gasteiger partial charge in [-0.05, 0) is 49.9 Å². The van der Waals surface area contributed by atoms with E-state index in [0.29, 0.717) is 22.8 Å². The number of rotatable bonds is 8. The van der Waals surface area contributed by atoms with Crippen molar-refractivity contribution in [2.75, 3.05) is 23.8 Å². The molecule has 0 radical (unpaired) electrons. The van der Waals surface area contributed by atoms with Crippen molar-refractivity contribution in [2.45, 2.75) is 50.6 Å². The first-order chi connectivity index (χ1) is 16.3. The molecular formula is C23H26F4N6O. The SMILES string of the molecule is CN(CC(F)F)c1ccc(C(=O)N[C@H]2CC[C@@H](Nc3cccc4nc(C(F)F)cn34)CC2)cn1. The third-order valence-corrected chi connectivity index (χ3v) is 5.96. The van der Waals surface area contributed by atoms with Crippen molar-refractivity contribution in [3.8, 4) is 0 Å². The summed E-state index contributed by atoms with van der Waals surface area (Å²) in [4.78, 5) is 22.0. The molecule has 1 fully saturated rings. The van der Waals surface area contributed by atoms with Crippen LogP contribution in [0.1, 0.15) is 48.2 Å². The van der Waals surface area contributed by atoms with Crippen molar-refractivity contribution in [1.82, 2.24) is 19.7 Å². The molecule has 0 aromatic carbocycles. The van der Waals surface area contributed by atoms with Crippen molar-refractivity contribution in [3.05, 3.63) is 54.0 Å². The molecule has 1 aliphatic carbocycles. The van der Waals surface area contributed by atoms with Gasteiger partial charge in [-0.15, -0.1) is 0 Å². The average molecular weight is 478 g/mol. The van der Waals surface area contributed by atoms with Gasteiger partial charge in [0.1, 0.15) is 23.0 Å². The number of hydrogen-bond donors (Lipinski definition) is 2. The lowest BCUT2D eigenvalue weighted by Crippen LogP contribution is -2.40. The number of nitrogens with zero attached hydrogens (tertiary/aromatic N) is 4. The van der Waals surface area contributed by atoms with Crippen LogP contribution in [0, 0.1) is 0 Å². The molecule has 0 aliphatic heterocycles. The molecule has 3 aromatic rings. The molecule has 0 bridgehead atoms. The van der Waals surface area contributed by atoms with E-state index in [0.717, 1.165) is 25.7 Å². The summed E-state index contributed by atoms with van der Waals surface area (Å²) in [5.41, 5.74) is 0.571. The minimum atomic E-state index is -2.63. The van der Waals surface area contributed by atoms with Crippen molar-refractivity contribution in [3.63, 3.8) is 0 Å². The van der Waals surface area contributed by atoms with Gasteiger partial charge in [0.05, 0.1) is 12.1 Å². The summed E-state index contributed by atoms with van der Waals surface area (Å²) in [6.45, 7) is -0.432. The molecule has 1 aliphatic rings. The Bertz CT molecular complexity index is 1110. The van der Waals surface area contributed by atoms with Gasteiger partial charge in [0.15, 0.2) is 0 Å². The van der Waals surface area contributed by atoms with Crippen molar-refractivity contribution < 1.29 is 22.4 Å². The molecule has 11 heteroatoms. The van der Waals surface area contributed by atoms with Gasteiger partial charge >= 0.3 is 0 Å².